The monoisotopic (exact) mass is 216 g/mol. The molecule has 1 atom stereocenters. The Morgan fingerprint density at radius 2 is 2.13 bits per heavy atom. The Morgan fingerprint density at radius 3 is 2.73 bits per heavy atom. The molecule has 4 heteroatoms. The summed E-state index contributed by atoms with van der Waals surface area (Å²) < 4.78 is 15.6. The van der Waals surface area contributed by atoms with Crippen molar-refractivity contribution < 1.29 is 19.0 Å². The molecule has 0 aromatic rings. The van der Waals surface area contributed by atoms with Crippen LogP contribution in [0.25, 0.3) is 0 Å². The largest absolute Gasteiger partial charge is 0.464 e. The van der Waals surface area contributed by atoms with Crippen LogP contribution in [0, 0.1) is 5.92 Å². The molecule has 0 aromatic heterocycles. The van der Waals surface area contributed by atoms with Gasteiger partial charge in [0.1, 0.15) is 0 Å². The molecular weight excluding hydrogens is 196 g/mol. The second kappa shape index (κ2) is 6.80. The quantitative estimate of drug-likeness (QED) is 0.651. The van der Waals surface area contributed by atoms with Crippen LogP contribution >= 0.6 is 0 Å². The molecule has 0 spiro atoms. The van der Waals surface area contributed by atoms with Crippen molar-refractivity contribution in [2.75, 3.05) is 26.4 Å². The van der Waals surface area contributed by atoms with Gasteiger partial charge < -0.3 is 14.2 Å². The van der Waals surface area contributed by atoms with Gasteiger partial charge in [0, 0.05) is 13.2 Å². The topological polar surface area (TPSA) is 44.8 Å². The van der Waals surface area contributed by atoms with Crippen molar-refractivity contribution >= 4 is 5.97 Å². The molecule has 1 aliphatic rings. The van der Waals surface area contributed by atoms with Gasteiger partial charge >= 0.3 is 5.97 Å². The first-order chi connectivity index (χ1) is 7.24. The number of carbonyl (C=O) groups is 1. The first-order valence-corrected chi connectivity index (χ1v) is 5.60. The summed E-state index contributed by atoms with van der Waals surface area (Å²) in [6, 6.07) is 0. The molecule has 0 amide bonds. The predicted molar refractivity (Wildman–Crippen MR) is 55.6 cm³/mol. The van der Waals surface area contributed by atoms with Crippen molar-refractivity contribution in [1.82, 2.24) is 0 Å². The van der Waals surface area contributed by atoms with Crippen molar-refractivity contribution in [1.29, 1.82) is 0 Å². The lowest BCUT2D eigenvalue weighted by molar-refractivity contribution is -0.156. The number of ether oxygens (including phenoxy) is 3. The molecule has 4 nitrogen and oxygen atoms in total. The summed E-state index contributed by atoms with van der Waals surface area (Å²) in [5.41, 5.74) is 0. The smallest absolute Gasteiger partial charge is 0.334 e. The maximum Gasteiger partial charge on any atom is 0.334 e. The molecule has 1 unspecified atom stereocenters. The maximum absolute atomic E-state index is 11.2. The number of hydrogen-bond acceptors (Lipinski definition) is 4. The molecule has 0 aliphatic carbocycles. The van der Waals surface area contributed by atoms with Crippen molar-refractivity contribution in [2.24, 2.45) is 5.92 Å². The third-order valence-electron chi connectivity index (χ3n) is 2.54. The Kier molecular flexibility index (Phi) is 5.65. The van der Waals surface area contributed by atoms with Crippen LogP contribution in [0.1, 0.15) is 26.7 Å². The zero-order valence-electron chi connectivity index (χ0n) is 9.53. The Bertz CT molecular complexity index is 187. The fourth-order valence-electron chi connectivity index (χ4n) is 1.52. The van der Waals surface area contributed by atoms with Crippen LogP contribution in [-0.2, 0) is 19.0 Å². The molecule has 0 radical (unpaired) electrons. The van der Waals surface area contributed by atoms with Gasteiger partial charge in [-0.15, -0.1) is 0 Å². The van der Waals surface area contributed by atoms with E-state index in [1.54, 1.807) is 13.8 Å². The van der Waals surface area contributed by atoms with Crippen LogP contribution < -0.4 is 0 Å². The lowest BCUT2D eigenvalue weighted by Gasteiger charge is -2.23. The van der Waals surface area contributed by atoms with Gasteiger partial charge in [-0.3, -0.25) is 0 Å². The van der Waals surface area contributed by atoms with Gasteiger partial charge in [-0.1, -0.05) is 0 Å². The molecule has 88 valence electrons. The minimum Gasteiger partial charge on any atom is -0.464 e. The third kappa shape index (κ3) is 4.62. The fourth-order valence-corrected chi connectivity index (χ4v) is 1.52. The zero-order chi connectivity index (χ0) is 11.1. The minimum absolute atomic E-state index is 0.274. The highest BCUT2D eigenvalue weighted by Crippen LogP contribution is 2.15. The second-order valence-electron chi connectivity index (χ2n) is 3.78. The molecule has 1 rings (SSSR count). The van der Waals surface area contributed by atoms with Gasteiger partial charge in [0.05, 0.1) is 13.2 Å². The molecule has 0 saturated carbocycles. The predicted octanol–water partition coefficient (Wildman–Crippen LogP) is 1.38. The van der Waals surface area contributed by atoms with E-state index < -0.39 is 6.10 Å². The first kappa shape index (κ1) is 12.5. The summed E-state index contributed by atoms with van der Waals surface area (Å²) in [7, 11) is 0. The molecule has 15 heavy (non-hydrogen) atoms. The lowest BCUT2D eigenvalue weighted by Crippen LogP contribution is -2.28. The number of esters is 1. The molecule has 1 fully saturated rings. The van der Waals surface area contributed by atoms with Crippen LogP contribution in [-0.4, -0.2) is 38.5 Å². The van der Waals surface area contributed by atoms with Crippen LogP contribution in [0.15, 0.2) is 0 Å². The van der Waals surface area contributed by atoms with Crippen LogP contribution in [0.5, 0.6) is 0 Å². The highest BCUT2D eigenvalue weighted by molar-refractivity contribution is 5.74. The Labute approximate surface area is 90.9 Å². The van der Waals surface area contributed by atoms with E-state index >= 15 is 0 Å². The normalized spacial score (nSPS) is 19.9. The lowest BCUT2D eigenvalue weighted by atomic mass is 10.0. The van der Waals surface area contributed by atoms with Crippen molar-refractivity contribution in [3.63, 3.8) is 0 Å². The minimum atomic E-state index is -0.451. The molecule has 0 bridgehead atoms. The standard InChI is InChI=1S/C11H20O4/c1-3-14-11(12)9(2)15-8-10-4-6-13-7-5-10/h9-10H,3-8H2,1-2H3. The van der Waals surface area contributed by atoms with Gasteiger partial charge in [0.2, 0.25) is 0 Å². The van der Waals surface area contributed by atoms with Gasteiger partial charge in [0.15, 0.2) is 6.10 Å². The highest BCUT2D eigenvalue weighted by atomic mass is 16.6. The third-order valence-corrected chi connectivity index (χ3v) is 2.54. The molecular formula is C11H20O4. The van der Waals surface area contributed by atoms with Crippen molar-refractivity contribution in [3.05, 3.63) is 0 Å². The fraction of sp³-hybridized carbons (Fsp3) is 0.909. The van der Waals surface area contributed by atoms with Gasteiger partial charge in [-0.2, -0.15) is 0 Å². The van der Waals surface area contributed by atoms with E-state index in [4.69, 9.17) is 14.2 Å². The van der Waals surface area contributed by atoms with Crippen LogP contribution in [0.3, 0.4) is 0 Å². The Balaban J connectivity index is 2.14. The average Bonchev–Trinajstić information content (AvgIpc) is 2.27. The van der Waals surface area contributed by atoms with Crippen LogP contribution in [0.2, 0.25) is 0 Å². The number of hydrogen-bond donors (Lipinski definition) is 0. The van der Waals surface area contributed by atoms with E-state index in [-0.39, 0.29) is 5.97 Å². The average molecular weight is 216 g/mol. The van der Waals surface area contributed by atoms with Gasteiger partial charge in [0.25, 0.3) is 0 Å². The van der Waals surface area contributed by atoms with E-state index in [0.717, 1.165) is 26.1 Å². The molecule has 0 N–H and O–H groups in total. The Morgan fingerprint density at radius 1 is 1.47 bits per heavy atom. The molecule has 1 aliphatic heterocycles. The van der Waals surface area contributed by atoms with E-state index in [2.05, 4.69) is 0 Å². The summed E-state index contributed by atoms with van der Waals surface area (Å²) in [6.45, 7) is 6.18. The molecule has 0 aromatic carbocycles. The van der Waals surface area contributed by atoms with Crippen molar-refractivity contribution in [2.45, 2.75) is 32.8 Å². The molecule has 1 heterocycles. The van der Waals surface area contributed by atoms with Gasteiger partial charge in [-0.05, 0) is 32.6 Å². The van der Waals surface area contributed by atoms with E-state index in [1.165, 1.54) is 0 Å². The summed E-state index contributed by atoms with van der Waals surface area (Å²) in [4.78, 5) is 11.2. The van der Waals surface area contributed by atoms with E-state index in [1.807, 2.05) is 0 Å². The number of rotatable bonds is 5. The Hall–Kier alpha value is -0.610. The summed E-state index contributed by atoms with van der Waals surface area (Å²) in [5.74, 6) is 0.250. The highest BCUT2D eigenvalue weighted by Gasteiger charge is 2.19. The van der Waals surface area contributed by atoms with Crippen LogP contribution in [0.4, 0.5) is 0 Å². The zero-order valence-corrected chi connectivity index (χ0v) is 9.53. The first-order valence-electron chi connectivity index (χ1n) is 5.60. The number of carbonyl (C=O) groups excluding carboxylic acids is 1. The van der Waals surface area contributed by atoms with Gasteiger partial charge in [-0.25, -0.2) is 4.79 Å². The summed E-state index contributed by atoms with van der Waals surface area (Å²) >= 11 is 0. The summed E-state index contributed by atoms with van der Waals surface area (Å²) in [6.07, 6.45) is 1.60. The second-order valence-corrected chi connectivity index (χ2v) is 3.78. The summed E-state index contributed by atoms with van der Waals surface area (Å²) in [5, 5.41) is 0. The SMILES string of the molecule is CCOC(=O)C(C)OCC1CCOCC1. The van der Waals surface area contributed by atoms with E-state index in [0.29, 0.717) is 19.1 Å². The van der Waals surface area contributed by atoms with E-state index in [9.17, 15) is 4.79 Å². The van der Waals surface area contributed by atoms with Crippen molar-refractivity contribution in [3.8, 4) is 0 Å². The molecule has 1 saturated heterocycles. The maximum atomic E-state index is 11.2.